The van der Waals surface area contributed by atoms with Crippen LogP contribution in [-0.4, -0.2) is 23.6 Å². The van der Waals surface area contributed by atoms with E-state index in [-0.39, 0.29) is 11.8 Å². The third kappa shape index (κ3) is 6.40. The van der Waals surface area contributed by atoms with Gasteiger partial charge >= 0.3 is 6.09 Å². The van der Waals surface area contributed by atoms with Crippen LogP contribution in [0.25, 0.3) is 0 Å². The van der Waals surface area contributed by atoms with Crippen molar-refractivity contribution in [2.45, 2.75) is 71.4 Å². The molecule has 5 nitrogen and oxygen atoms in total. The molecule has 1 atom stereocenters. The van der Waals surface area contributed by atoms with Crippen LogP contribution in [-0.2, 0) is 9.53 Å². The summed E-state index contributed by atoms with van der Waals surface area (Å²) in [6.07, 6.45) is 4.73. The maximum atomic E-state index is 12.8. The van der Waals surface area contributed by atoms with E-state index in [9.17, 15) is 9.59 Å². The smallest absolute Gasteiger partial charge is 0.408 e. The van der Waals surface area contributed by atoms with Gasteiger partial charge in [-0.15, -0.1) is 0 Å². The molecular formula is C20H30N2O3. The lowest BCUT2D eigenvalue weighted by atomic mass is 9.83. The van der Waals surface area contributed by atoms with Gasteiger partial charge in [0.15, 0.2) is 0 Å². The lowest BCUT2D eigenvalue weighted by Gasteiger charge is -2.31. The van der Waals surface area contributed by atoms with Crippen molar-refractivity contribution >= 4 is 17.7 Å². The Morgan fingerprint density at radius 1 is 1.08 bits per heavy atom. The molecule has 0 heterocycles. The Balaban J connectivity index is 2.08. The fourth-order valence-electron chi connectivity index (χ4n) is 3.16. The zero-order valence-electron chi connectivity index (χ0n) is 15.7. The molecule has 0 spiro atoms. The SMILES string of the molecule is Cc1ccc(NC(=O)[C@H](NC(=O)OC(C)(C)C)C2CCCCC2)cc1. The van der Waals surface area contributed by atoms with E-state index < -0.39 is 17.7 Å². The van der Waals surface area contributed by atoms with Crippen LogP contribution < -0.4 is 10.6 Å². The molecule has 5 heteroatoms. The Morgan fingerprint density at radius 2 is 1.68 bits per heavy atom. The van der Waals surface area contributed by atoms with Crippen LogP contribution in [0, 0.1) is 12.8 Å². The van der Waals surface area contributed by atoms with E-state index in [1.165, 1.54) is 6.42 Å². The number of carbonyl (C=O) groups excluding carboxylic acids is 2. The third-order valence-corrected chi connectivity index (χ3v) is 4.40. The van der Waals surface area contributed by atoms with Gasteiger partial charge in [0.1, 0.15) is 11.6 Å². The summed E-state index contributed by atoms with van der Waals surface area (Å²) >= 11 is 0. The van der Waals surface area contributed by atoms with Gasteiger partial charge in [-0.05, 0) is 58.6 Å². The molecule has 0 saturated heterocycles. The fraction of sp³-hybridized carbons (Fsp3) is 0.600. The Hall–Kier alpha value is -2.04. The van der Waals surface area contributed by atoms with Gasteiger partial charge in [-0.2, -0.15) is 0 Å². The lowest BCUT2D eigenvalue weighted by molar-refractivity contribution is -0.119. The number of carbonyl (C=O) groups is 2. The highest BCUT2D eigenvalue weighted by atomic mass is 16.6. The zero-order valence-corrected chi connectivity index (χ0v) is 15.7. The first-order chi connectivity index (χ1) is 11.7. The number of rotatable bonds is 4. The second kappa shape index (κ2) is 8.37. The summed E-state index contributed by atoms with van der Waals surface area (Å²) in [6, 6.07) is 7.08. The first kappa shape index (κ1) is 19.3. The molecule has 1 aromatic rings. The average Bonchev–Trinajstić information content (AvgIpc) is 2.54. The van der Waals surface area contributed by atoms with E-state index in [0.717, 1.165) is 36.9 Å². The minimum atomic E-state index is -0.589. The minimum absolute atomic E-state index is 0.145. The van der Waals surface area contributed by atoms with Gasteiger partial charge in [-0.1, -0.05) is 37.0 Å². The molecule has 0 radical (unpaired) electrons. The maximum absolute atomic E-state index is 12.8. The van der Waals surface area contributed by atoms with Crippen molar-refractivity contribution in [3.63, 3.8) is 0 Å². The van der Waals surface area contributed by atoms with Gasteiger partial charge in [0.2, 0.25) is 5.91 Å². The van der Waals surface area contributed by atoms with Gasteiger partial charge < -0.3 is 15.4 Å². The molecule has 1 aliphatic rings. The van der Waals surface area contributed by atoms with Gasteiger partial charge in [0.25, 0.3) is 0 Å². The summed E-state index contributed by atoms with van der Waals surface area (Å²) in [5, 5.41) is 5.73. The van der Waals surface area contributed by atoms with Crippen molar-refractivity contribution in [3.8, 4) is 0 Å². The van der Waals surface area contributed by atoms with Gasteiger partial charge in [0, 0.05) is 5.69 Å². The molecule has 0 unspecified atom stereocenters. The predicted molar refractivity (Wildman–Crippen MR) is 99.5 cm³/mol. The van der Waals surface area contributed by atoms with Crippen LogP contribution in [0.5, 0.6) is 0 Å². The number of amides is 2. The van der Waals surface area contributed by atoms with Gasteiger partial charge in [0.05, 0.1) is 0 Å². The largest absolute Gasteiger partial charge is 0.444 e. The van der Waals surface area contributed by atoms with Crippen molar-refractivity contribution in [2.24, 2.45) is 5.92 Å². The summed E-state index contributed by atoms with van der Waals surface area (Å²) in [5.74, 6) is -0.0340. The number of ether oxygens (including phenoxy) is 1. The Bertz CT molecular complexity index is 584. The van der Waals surface area contributed by atoms with Crippen LogP contribution >= 0.6 is 0 Å². The average molecular weight is 346 g/mol. The Morgan fingerprint density at radius 3 is 2.24 bits per heavy atom. The van der Waals surface area contributed by atoms with Crippen LogP contribution in [0.15, 0.2) is 24.3 Å². The third-order valence-electron chi connectivity index (χ3n) is 4.40. The normalized spacial score (nSPS) is 16.8. The highest BCUT2D eigenvalue weighted by molar-refractivity contribution is 5.96. The standard InChI is InChI=1S/C20H30N2O3/c1-14-10-12-16(13-11-14)21-18(23)17(15-8-6-5-7-9-15)22-19(24)25-20(2,3)4/h10-13,15,17H,5-9H2,1-4H3,(H,21,23)(H,22,24)/t17-/m1/s1. The first-order valence-corrected chi connectivity index (χ1v) is 9.12. The molecule has 2 amide bonds. The van der Waals surface area contributed by atoms with Crippen LogP contribution in [0.2, 0.25) is 0 Å². The fourth-order valence-corrected chi connectivity index (χ4v) is 3.16. The summed E-state index contributed by atoms with van der Waals surface area (Å²) in [6.45, 7) is 7.44. The second-order valence-electron chi connectivity index (χ2n) is 7.88. The summed E-state index contributed by atoms with van der Waals surface area (Å²) in [4.78, 5) is 25.0. The van der Waals surface area contributed by atoms with Gasteiger partial charge in [-0.3, -0.25) is 4.79 Å². The topological polar surface area (TPSA) is 67.4 Å². The molecule has 0 aromatic heterocycles. The number of alkyl carbamates (subject to hydrolysis) is 1. The van der Waals surface area contributed by atoms with E-state index in [0.29, 0.717) is 0 Å². The van der Waals surface area contributed by atoms with E-state index in [1.54, 1.807) is 0 Å². The highest BCUT2D eigenvalue weighted by Crippen LogP contribution is 2.27. The van der Waals surface area contributed by atoms with Gasteiger partial charge in [-0.25, -0.2) is 4.79 Å². The molecule has 0 bridgehead atoms. The molecule has 1 aromatic carbocycles. The monoisotopic (exact) mass is 346 g/mol. The van der Waals surface area contributed by atoms with Crippen molar-refractivity contribution in [1.82, 2.24) is 5.32 Å². The zero-order chi connectivity index (χ0) is 18.4. The van der Waals surface area contributed by atoms with Crippen LogP contribution in [0.3, 0.4) is 0 Å². The molecule has 25 heavy (non-hydrogen) atoms. The molecule has 2 N–H and O–H groups in total. The molecule has 1 fully saturated rings. The van der Waals surface area contributed by atoms with E-state index in [1.807, 2.05) is 52.0 Å². The maximum Gasteiger partial charge on any atom is 0.408 e. The van der Waals surface area contributed by atoms with Crippen molar-refractivity contribution in [1.29, 1.82) is 0 Å². The first-order valence-electron chi connectivity index (χ1n) is 9.12. The molecule has 0 aliphatic heterocycles. The van der Waals surface area contributed by atoms with Crippen molar-refractivity contribution in [3.05, 3.63) is 29.8 Å². The van der Waals surface area contributed by atoms with Crippen LogP contribution in [0.4, 0.5) is 10.5 Å². The summed E-state index contributed by atoms with van der Waals surface area (Å²) in [7, 11) is 0. The molecular weight excluding hydrogens is 316 g/mol. The number of hydrogen-bond donors (Lipinski definition) is 2. The molecule has 138 valence electrons. The highest BCUT2D eigenvalue weighted by Gasteiger charge is 2.32. The predicted octanol–water partition coefficient (Wildman–Crippen LogP) is 4.41. The number of hydrogen-bond acceptors (Lipinski definition) is 3. The molecule has 1 aliphatic carbocycles. The Kier molecular flexibility index (Phi) is 6.45. The number of anilines is 1. The second-order valence-corrected chi connectivity index (χ2v) is 7.88. The van der Waals surface area contributed by atoms with E-state index in [2.05, 4.69) is 10.6 Å². The summed E-state index contributed by atoms with van der Waals surface area (Å²) < 4.78 is 5.35. The number of nitrogens with one attached hydrogen (secondary N) is 2. The summed E-state index contributed by atoms with van der Waals surface area (Å²) in [5.41, 5.74) is 1.28. The van der Waals surface area contributed by atoms with E-state index in [4.69, 9.17) is 4.74 Å². The Labute approximate surface area is 150 Å². The van der Waals surface area contributed by atoms with Crippen molar-refractivity contribution < 1.29 is 14.3 Å². The number of benzene rings is 1. The quantitative estimate of drug-likeness (QED) is 0.849. The lowest BCUT2D eigenvalue weighted by Crippen LogP contribution is -2.50. The molecule has 1 saturated carbocycles. The number of aryl methyl sites for hydroxylation is 1. The minimum Gasteiger partial charge on any atom is -0.444 e. The van der Waals surface area contributed by atoms with Crippen molar-refractivity contribution in [2.75, 3.05) is 5.32 Å². The van der Waals surface area contributed by atoms with E-state index >= 15 is 0 Å². The molecule has 2 rings (SSSR count). The van der Waals surface area contributed by atoms with Crippen LogP contribution in [0.1, 0.15) is 58.4 Å².